The molecule has 1 heterocycles. The number of ether oxygens (including phenoxy) is 3. The van der Waals surface area contributed by atoms with E-state index in [4.69, 9.17) is 30.2 Å². The maximum Gasteiger partial charge on any atom is 0.305 e. The Labute approximate surface area is 328 Å². The lowest BCUT2D eigenvalue weighted by molar-refractivity contribution is -0.198. The molecule has 8 nitrogen and oxygen atoms in total. The normalized spacial score (nSPS) is 25.5. The van der Waals surface area contributed by atoms with E-state index in [2.05, 4.69) is 92.2 Å². The molecule has 0 aromatic heterocycles. The van der Waals surface area contributed by atoms with Crippen LogP contribution in [0.25, 0.3) is 0 Å². The average Bonchev–Trinajstić information content (AvgIpc) is 3.65. The largest absolute Gasteiger partial charge is 0.469 e. The minimum atomic E-state index is -3.82. The Morgan fingerprint density at radius 2 is 1.67 bits per heavy atom. The number of allylic oxidation sites excluding steroid dienone is 2. The summed E-state index contributed by atoms with van der Waals surface area (Å²) in [4.78, 5) is 12.0. The topological polar surface area (TPSA) is 100 Å². The molecule has 3 fully saturated rings. The second kappa shape index (κ2) is 17.5. The van der Waals surface area contributed by atoms with E-state index in [1.807, 2.05) is 0 Å². The van der Waals surface area contributed by atoms with Gasteiger partial charge in [-0.25, -0.2) is 13.1 Å². The first kappa shape index (κ1) is 40.8. The standard InChI is InChI=1S/C43H56ClNO7SSi/c1-42(2,3)54(35-16-7-5-8-17-35,36-18-9-6-10-19-36)51-30-37-38-27-32(15-11-12-20-40(46)49-4)28-43(38,29-39(37)52-41-21-13-14-26-50-41)31-45-53(47,48)34-24-22-33(44)23-25-34/h5-10,15-19,22-25,37-39,41,45H,11-14,20-21,26-31H2,1-4H3/b32-15-/t37-,38-,39-,41?,43+/m1/s1. The van der Waals surface area contributed by atoms with Crippen molar-refractivity contribution in [2.75, 3.05) is 26.9 Å². The predicted molar refractivity (Wildman–Crippen MR) is 216 cm³/mol. The zero-order chi connectivity index (χ0) is 38.4. The van der Waals surface area contributed by atoms with Gasteiger partial charge in [-0.2, -0.15) is 0 Å². The summed E-state index contributed by atoms with van der Waals surface area (Å²) in [7, 11) is -5.29. The van der Waals surface area contributed by atoms with Crippen LogP contribution in [0.5, 0.6) is 0 Å². The molecule has 1 N–H and O–H groups in total. The minimum Gasteiger partial charge on any atom is -0.469 e. The van der Waals surface area contributed by atoms with Crippen LogP contribution in [0.15, 0.2) is 101 Å². The zero-order valence-corrected chi connectivity index (χ0v) is 34.7. The fourth-order valence-electron chi connectivity index (χ4n) is 9.18. The van der Waals surface area contributed by atoms with Gasteiger partial charge in [-0.3, -0.25) is 4.79 Å². The van der Waals surface area contributed by atoms with Gasteiger partial charge in [0, 0.05) is 37.1 Å². The Morgan fingerprint density at radius 1 is 1.00 bits per heavy atom. The number of nitrogens with one attached hydrogen (secondary N) is 1. The average molecular weight is 795 g/mol. The third kappa shape index (κ3) is 9.07. The summed E-state index contributed by atoms with van der Waals surface area (Å²) in [6.07, 6.45) is 8.72. The van der Waals surface area contributed by atoms with Crippen LogP contribution >= 0.6 is 11.6 Å². The Morgan fingerprint density at radius 3 is 2.26 bits per heavy atom. The van der Waals surface area contributed by atoms with Crippen molar-refractivity contribution in [1.29, 1.82) is 0 Å². The summed E-state index contributed by atoms with van der Waals surface area (Å²) >= 11 is 6.11. The third-order valence-corrected chi connectivity index (χ3v) is 18.5. The molecular weight excluding hydrogens is 738 g/mol. The van der Waals surface area contributed by atoms with Crippen LogP contribution in [-0.4, -0.2) is 62.0 Å². The quantitative estimate of drug-likeness (QED) is 0.0726. The maximum absolute atomic E-state index is 13.7. The van der Waals surface area contributed by atoms with Gasteiger partial charge in [0.2, 0.25) is 10.0 Å². The first-order valence-corrected chi connectivity index (χ1v) is 23.2. The molecule has 5 atom stereocenters. The highest BCUT2D eigenvalue weighted by molar-refractivity contribution is 7.89. The Kier molecular flexibility index (Phi) is 13.3. The SMILES string of the molecule is COC(=O)CCC/C=C1/C[C@@H]2[C@@H](CO[Si](c3ccccc3)(c3ccccc3)C(C)(C)C)[C@H](OC3CCCCO3)C[C@]2(CNS(=O)(=O)c2ccc(Cl)cc2)C1. The summed E-state index contributed by atoms with van der Waals surface area (Å²) in [5.74, 6) is -0.141. The summed E-state index contributed by atoms with van der Waals surface area (Å²) in [5.41, 5.74) is 0.880. The van der Waals surface area contributed by atoms with Crippen molar-refractivity contribution in [3.8, 4) is 0 Å². The second-order valence-corrected chi connectivity index (χ2v) is 22.8. The number of benzene rings is 3. The number of methoxy groups -OCH3 is 1. The maximum atomic E-state index is 13.7. The fraction of sp³-hybridized carbons (Fsp3) is 0.512. The van der Waals surface area contributed by atoms with Crippen LogP contribution in [0.3, 0.4) is 0 Å². The summed E-state index contributed by atoms with van der Waals surface area (Å²) in [6.45, 7) is 8.28. The highest BCUT2D eigenvalue weighted by Gasteiger charge is 2.59. The molecule has 0 spiro atoms. The minimum absolute atomic E-state index is 0.0156. The molecular formula is C43H56ClNO7SSi. The van der Waals surface area contributed by atoms with Crippen molar-refractivity contribution in [3.05, 3.63) is 102 Å². The van der Waals surface area contributed by atoms with Gasteiger partial charge in [0.1, 0.15) is 0 Å². The van der Waals surface area contributed by atoms with Crippen molar-refractivity contribution in [2.45, 2.75) is 101 Å². The monoisotopic (exact) mass is 793 g/mol. The van der Waals surface area contributed by atoms with E-state index in [9.17, 15) is 13.2 Å². The van der Waals surface area contributed by atoms with Gasteiger partial charge in [0.05, 0.1) is 18.1 Å². The number of esters is 1. The van der Waals surface area contributed by atoms with E-state index < -0.39 is 23.8 Å². The molecule has 54 heavy (non-hydrogen) atoms. The van der Waals surface area contributed by atoms with E-state index in [-0.39, 0.29) is 46.7 Å². The van der Waals surface area contributed by atoms with Crippen molar-refractivity contribution < 1.29 is 31.8 Å². The summed E-state index contributed by atoms with van der Waals surface area (Å²) in [6, 6.07) is 27.6. The molecule has 1 aliphatic heterocycles. The van der Waals surface area contributed by atoms with Gasteiger partial charge in [-0.15, -0.1) is 0 Å². The molecule has 6 rings (SSSR count). The van der Waals surface area contributed by atoms with E-state index in [1.54, 1.807) is 24.3 Å². The van der Waals surface area contributed by atoms with Gasteiger partial charge in [0.15, 0.2) is 6.29 Å². The first-order valence-electron chi connectivity index (χ1n) is 19.4. The van der Waals surface area contributed by atoms with Crippen LogP contribution in [0, 0.1) is 17.3 Å². The predicted octanol–water partition coefficient (Wildman–Crippen LogP) is 7.79. The zero-order valence-electron chi connectivity index (χ0n) is 32.1. The number of carbonyl (C=O) groups excluding carboxylic acids is 1. The number of unbranched alkanes of at least 4 members (excludes halogenated alkanes) is 1. The highest BCUT2D eigenvalue weighted by Crippen LogP contribution is 2.60. The number of rotatable bonds is 15. The van der Waals surface area contributed by atoms with Gasteiger partial charge in [-0.05, 0) is 102 Å². The molecule has 0 radical (unpaired) electrons. The van der Waals surface area contributed by atoms with Crippen LogP contribution in [0.4, 0.5) is 0 Å². The molecule has 2 saturated carbocycles. The van der Waals surface area contributed by atoms with Gasteiger partial charge >= 0.3 is 5.97 Å². The molecule has 292 valence electrons. The lowest BCUT2D eigenvalue weighted by atomic mass is 9.78. The number of sulfonamides is 1. The molecule has 11 heteroatoms. The number of fused-ring (bicyclic) bond motifs is 1. The number of hydrogen-bond donors (Lipinski definition) is 1. The second-order valence-electron chi connectivity index (χ2n) is 16.3. The van der Waals surface area contributed by atoms with Crippen molar-refractivity contribution in [3.63, 3.8) is 0 Å². The molecule has 1 unspecified atom stereocenters. The lowest BCUT2D eigenvalue weighted by Gasteiger charge is -2.44. The van der Waals surface area contributed by atoms with Crippen LogP contribution < -0.4 is 15.1 Å². The molecule has 1 saturated heterocycles. The van der Waals surface area contributed by atoms with E-state index in [1.165, 1.54) is 23.1 Å². The Bertz CT molecular complexity index is 1790. The molecule has 3 aliphatic rings. The Hall–Kier alpha value is -2.83. The molecule has 0 amide bonds. The van der Waals surface area contributed by atoms with Crippen molar-refractivity contribution in [2.24, 2.45) is 17.3 Å². The molecule has 3 aromatic carbocycles. The van der Waals surface area contributed by atoms with Crippen LogP contribution in [-0.2, 0) is 33.5 Å². The summed E-state index contributed by atoms with van der Waals surface area (Å²) in [5, 5.41) is 2.71. The smallest absolute Gasteiger partial charge is 0.305 e. The number of hydrogen-bond acceptors (Lipinski definition) is 7. The number of halogens is 1. The van der Waals surface area contributed by atoms with Gasteiger partial charge < -0.3 is 18.6 Å². The van der Waals surface area contributed by atoms with Crippen LogP contribution in [0.1, 0.15) is 78.6 Å². The van der Waals surface area contributed by atoms with Crippen LogP contribution in [0.2, 0.25) is 10.1 Å². The van der Waals surface area contributed by atoms with Gasteiger partial charge in [-0.1, -0.05) is 105 Å². The number of carbonyl (C=O) groups is 1. The third-order valence-electron chi connectivity index (χ3n) is 11.8. The van der Waals surface area contributed by atoms with Gasteiger partial charge in [0.25, 0.3) is 8.32 Å². The fourth-order valence-corrected chi connectivity index (χ4v) is 15.0. The lowest BCUT2D eigenvalue weighted by Crippen LogP contribution is -2.67. The van der Waals surface area contributed by atoms with Crippen molar-refractivity contribution >= 4 is 46.3 Å². The molecule has 0 bridgehead atoms. The van der Waals surface area contributed by atoms with Crippen molar-refractivity contribution in [1.82, 2.24) is 4.72 Å². The van der Waals surface area contributed by atoms with E-state index >= 15 is 0 Å². The van der Waals surface area contributed by atoms with E-state index in [0.29, 0.717) is 37.5 Å². The van der Waals surface area contributed by atoms with E-state index in [0.717, 1.165) is 38.5 Å². The summed E-state index contributed by atoms with van der Waals surface area (Å²) < 4.78 is 56.1. The molecule has 2 aliphatic carbocycles. The first-order chi connectivity index (χ1) is 25.9. The molecule has 3 aromatic rings. The Balaban J connectivity index is 1.37. The highest BCUT2D eigenvalue weighted by atomic mass is 35.5.